The molecular formula is C24H23ClF3N3O. The molecule has 8 heteroatoms. The monoisotopic (exact) mass is 461 g/mol. The Hall–Kier alpha value is -2.80. The Labute approximate surface area is 189 Å². The van der Waals surface area contributed by atoms with Crippen molar-refractivity contribution < 1.29 is 18.0 Å². The summed E-state index contributed by atoms with van der Waals surface area (Å²) in [6.07, 6.45) is -1.53. The molecule has 4 nitrogen and oxygen atoms in total. The standard InChI is InChI=1S/C24H23ClF3N3O/c1-31(18-10-8-17(9-11-18)29-23(32)15-5-3-2-4-6-15)21-14-22(24(26,27)28)30-20-12-7-16(25)13-19(20)21/h2-7,12-14,17-18H,8-11H2,1H3,(H,29,32)/t17-,18+. The number of benzene rings is 2. The first kappa shape index (κ1) is 22.4. The Morgan fingerprint density at radius 2 is 1.75 bits per heavy atom. The zero-order chi connectivity index (χ0) is 22.9. The Morgan fingerprint density at radius 3 is 2.41 bits per heavy atom. The number of pyridine rings is 1. The van der Waals surface area contributed by atoms with Gasteiger partial charge in [-0.15, -0.1) is 0 Å². The third-order valence-electron chi connectivity index (χ3n) is 6.03. The molecule has 1 saturated carbocycles. The van der Waals surface area contributed by atoms with Crippen LogP contribution in [0.2, 0.25) is 5.02 Å². The van der Waals surface area contributed by atoms with Gasteiger partial charge in [-0.1, -0.05) is 29.8 Å². The highest BCUT2D eigenvalue weighted by Crippen LogP contribution is 2.37. The molecule has 1 aliphatic rings. The second kappa shape index (κ2) is 8.98. The average Bonchev–Trinajstić information content (AvgIpc) is 2.78. The fourth-order valence-corrected chi connectivity index (χ4v) is 4.45. The molecule has 0 bridgehead atoms. The van der Waals surface area contributed by atoms with Crippen molar-refractivity contribution >= 4 is 34.1 Å². The summed E-state index contributed by atoms with van der Waals surface area (Å²) in [6.45, 7) is 0. The van der Waals surface area contributed by atoms with Crippen LogP contribution in [-0.2, 0) is 6.18 Å². The smallest absolute Gasteiger partial charge is 0.371 e. The molecular weight excluding hydrogens is 439 g/mol. The van der Waals surface area contributed by atoms with Gasteiger partial charge in [-0.2, -0.15) is 13.2 Å². The molecule has 0 unspecified atom stereocenters. The Morgan fingerprint density at radius 1 is 1.06 bits per heavy atom. The number of nitrogens with one attached hydrogen (secondary N) is 1. The highest BCUT2D eigenvalue weighted by molar-refractivity contribution is 6.31. The van der Waals surface area contributed by atoms with Crippen molar-refractivity contribution in [3.8, 4) is 0 Å². The summed E-state index contributed by atoms with van der Waals surface area (Å²) < 4.78 is 40.3. The molecule has 0 spiro atoms. The van der Waals surface area contributed by atoms with Crippen LogP contribution in [0.25, 0.3) is 10.9 Å². The number of carbonyl (C=O) groups excluding carboxylic acids is 1. The minimum Gasteiger partial charge on any atom is -0.371 e. The van der Waals surface area contributed by atoms with E-state index >= 15 is 0 Å². The number of rotatable bonds is 4. The Kier molecular flexibility index (Phi) is 6.29. The lowest BCUT2D eigenvalue weighted by Gasteiger charge is -2.37. The van der Waals surface area contributed by atoms with E-state index in [1.54, 1.807) is 24.3 Å². The molecule has 1 amide bonds. The molecule has 0 saturated heterocycles. The number of alkyl halides is 3. The van der Waals surface area contributed by atoms with Crippen molar-refractivity contribution in [1.82, 2.24) is 10.3 Å². The van der Waals surface area contributed by atoms with Gasteiger partial charge in [-0.25, -0.2) is 4.98 Å². The van der Waals surface area contributed by atoms with Crippen LogP contribution in [0.1, 0.15) is 41.7 Å². The van der Waals surface area contributed by atoms with Gasteiger partial charge >= 0.3 is 6.18 Å². The zero-order valence-electron chi connectivity index (χ0n) is 17.5. The van der Waals surface area contributed by atoms with Gasteiger partial charge in [0.15, 0.2) is 0 Å². The summed E-state index contributed by atoms with van der Waals surface area (Å²) >= 11 is 6.12. The Balaban J connectivity index is 1.51. The van der Waals surface area contributed by atoms with E-state index in [9.17, 15) is 18.0 Å². The third kappa shape index (κ3) is 4.83. The number of hydrogen-bond acceptors (Lipinski definition) is 3. The number of carbonyl (C=O) groups is 1. The van der Waals surface area contributed by atoms with Crippen LogP contribution in [-0.4, -0.2) is 30.0 Å². The predicted octanol–water partition coefficient (Wildman–Crippen LogP) is 6.08. The second-order valence-corrected chi connectivity index (χ2v) is 8.58. The number of amides is 1. The summed E-state index contributed by atoms with van der Waals surface area (Å²) in [7, 11) is 1.81. The lowest BCUT2D eigenvalue weighted by atomic mass is 9.89. The summed E-state index contributed by atoms with van der Waals surface area (Å²) in [5.74, 6) is -0.105. The molecule has 4 rings (SSSR count). The summed E-state index contributed by atoms with van der Waals surface area (Å²) in [4.78, 5) is 18.1. The van der Waals surface area contributed by atoms with E-state index in [2.05, 4.69) is 10.3 Å². The molecule has 0 aliphatic heterocycles. The van der Waals surface area contributed by atoms with E-state index in [-0.39, 0.29) is 23.5 Å². The molecule has 1 N–H and O–H groups in total. The maximum Gasteiger partial charge on any atom is 0.433 e. The van der Waals surface area contributed by atoms with Gasteiger partial charge in [0.2, 0.25) is 0 Å². The van der Waals surface area contributed by atoms with Crippen molar-refractivity contribution in [2.24, 2.45) is 0 Å². The number of aromatic nitrogens is 1. The van der Waals surface area contributed by atoms with Gasteiger partial charge < -0.3 is 10.2 Å². The van der Waals surface area contributed by atoms with Crippen LogP contribution in [0, 0.1) is 0 Å². The Bertz CT molecular complexity index is 1110. The van der Waals surface area contributed by atoms with Crippen LogP contribution in [0.5, 0.6) is 0 Å². The highest BCUT2D eigenvalue weighted by atomic mass is 35.5. The van der Waals surface area contributed by atoms with Crippen LogP contribution < -0.4 is 10.2 Å². The van der Waals surface area contributed by atoms with Crippen LogP contribution in [0.15, 0.2) is 54.6 Å². The first-order chi connectivity index (χ1) is 15.2. The summed E-state index contributed by atoms with van der Waals surface area (Å²) in [5, 5.41) is 4.10. The average molecular weight is 462 g/mol. The lowest BCUT2D eigenvalue weighted by molar-refractivity contribution is -0.140. The number of fused-ring (bicyclic) bond motifs is 1. The maximum atomic E-state index is 13.4. The number of halogens is 4. The molecule has 2 aromatic carbocycles. The van der Waals surface area contributed by atoms with Crippen LogP contribution in [0.4, 0.5) is 18.9 Å². The van der Waals surface area contributed by atoms with Crippen molar-refractivity contribution in [3.05, 3.63) is 70.9 Å². The molecule has 0 radical (unpaired) electrons. The molecule has 3 aromatic rings. The first-order valence-electron chi connectivity index (χ1n) is 10.5. The quantitative estimate of drug-likeness (QED) is 0.511. The topological polar surface area (TPSA) is 45.2 Å². The molecule has 168 valence electrons. The fourth-order valence-electron chi connectivity index (χ4n) is 4.28. The van der Waals surface area contributed by atoms with E-state index in [1.807, 2.05) is 30.1 Å². The predicted molar refractivity (Wildman–Crippen MR) is 120 cm³/mol. The molecule has 1 aromatic heterocycles. The highest BCUT2D eigenvalue weighted by Gasteiger charge is 2.34. The van der Waals surface area contributed by atoms with E-state index in [0.29, 0.717) is 21.7 Å². The lowest BCUT2D eigenvalue weighted by Crippen LogP contribution is -2.43. The van der Waals surface area contributed by atoms with E-state index in [0.717, 1.165) is 31.7 Å². The van der Waals surface area contributed by atoms with E-state index < -0.39 is 11.9 Å². The largest absolute Gasteiger partial charge is 0.433 e. The fraction of sp³-hybridized carbons (Fsp3) is 0.333. The van der Waals surface area contributed by atoms with Crippen molar-refractivity contribution in [1.29, 1.82) is 0 Å². The van der Waals surface area contributed by atoms with Gasteiger partial charge in [-0.3, -0.25) is 4.79 Å². The van der Waals surface area contributed by atoms with E-state index in [1.165, 1.54) is 6.07 Å². The van der Waals surface area contributed by atoms with Gasteiger partial charge in [0.25, 0.3) is 5.91 Å². The molecule has 32 heavy (non-hydrogen) atoms. The molecule has 0 atom stereocenters. The van der Waals surface area contributed by atoms with Crippen LogP contribution >= 0.6 is 11.6 Å². The number of anilines is 1. The normalized spacial score (nSPS) is 19.0. The zero-order valence-corrected chi connectivity index (χ0v) is 18.2. The first-order valence-corrected chi connectivity index (χ1v) is 10.9. The summed E-state index contributed by atoms with van der Waals surface area (Å²) in [5.41, 5.74) is 0.418. The molecule has 1 heterocycles. The number of hydrogen-bond donors (Lipinski definition) is 1. The molecule has 1 fully saturated rings. The van der Waals surface area contributed by atoms with Crippen molar-refractivity contribution in [2.45, 2.75) is 43.9 Å². The maximum absolute atomic E-state index is 13.4. The minimum absolute atomic E-state index is 0.0433. The van der Waals surface area contributed by atoms with Gasteiger partial charge in [0, 0.05) is 40.8 Å². The van der Waals surface area contributed by atoms with Crippen molar-refractivity contribution in [3.63, 3.8) is 0 Å². The van der Waals surface area contributed by atoms with E-state index in [4.69, 9.17) is 11.6 Å². The molecule has 1 aliphatic carbocycles. The van der Waals surface area contributed by atoms with Crippen LogP contribution in [0.3, 0.4) is 0 Å². The SMILES string of the molecule is CN(c1cc(C(F)(F)F)nc2ccc(Cl)cc12)[C@H]1CC[C@@H](NC(=O)c2ccccc2)CC1. The third-order valence-corrected chi connectivity index (χ3v) is 6.27. The second-order valence-electron chi connectivity index (χ2n) is 8.14. The number of nitrogens with zero attached hydrogens (tertiary/aromatic N) is 2. The van der Waals surface area contributed by atoms with Gasteiger partial charge in [0.1, 0.15) is 5.69 Å². The minimum atomic E-state index is -4.54. The van der Waals surface area contributed by atoms with Gasteiger partial charge in [-0.05, 0) is 62.1 Å². The van der Waals surface area contributed by atoms with Crippen molar-refractivity contribution in [2.75, 3.05) is 11.9 Å². The van der Waals surface area contributed by atoms with Gasteiger partial charge in [0.05, 0.1) is 5.52 Å². The summed E-state index contributed by atoms with van der Waals surface area (Å²) in [6, 6.07) is 14.9.